The molecule has 216 valence electrons. The molecule has 0 nitrogen and oxygen atoms in total. The maximum Gasteiger partial charge on any atom is 0.410 e. The molecule has 0 bridgehead atoms. The molecule has 24 heteroatoms. The van der Waals surface area contributed by atoms with Crippen LogP contribution in [0.3, 0.4) is 0 Å². The van der Waals surface area contributed by atoms with Crippen LogP contribution in [0.25, 0.3) is 0 Å². The highest BCUT2D eigenvalue weighted by Gasteiger charge is 3.18. The topological polar surface area (TPSA) is 0 Å². The zero-order valence-electron chi connectivity index (χ0n) is 15.1. The molecule has 0 atom stereocenters. The van der Waals surface area contributed by atoms with Gasteiger partial charge in [0.15, 0.2) is 0 Å². The number of alkyl halides is 24. The first-order valence-electron chi connectivity index (χ1n) is 7.54. The normalized spacial score (nSPS) is 26.0. The van der Waals surface area contributed by atoms with Crippen LogP contribution < -0.4 is 0 Å². The molecule has 1 fully saturated rings. The first kappa shape index (κ1) is 32.3. The van der Waals surface area contributed by atoms with Crippen molar-refractivity contribution in [3.05, 3.63) is 0 Å². The number of hydrogen-bond donors (Lipinski definition) is 0. The summed E-state index contributed by atoms with van der Waals surface area (Å²) in [7, 11) is 0. The van der Waals surface area contributed by atoms with Crippen molar-refractivity contribution in [2.45, 2.75) is 54.8 Å². The van der Waals surface area contributed by atoms with Crippen molar-refractivity contribution in [1.82, 2.24) is 0 Å². The van der Waals surface area contributed by atoms with Gasteiger partial charge in [-0.05, 0) is 0 Å². The Balaban J connectivity index is 5.35. The summed E-state index contributed by atoms with van der Waals surface area (Å²) in [6.07, 6.45) is -57.9. The van der Waals surface area contributed by atoms with Crippen molar-refractivity contribution in [3.8, 4) is 0 Å². The second kappa shape index (κ2) is 7.04. The molecule has 36 heavy (non-hydrogen) atoms. The van der Waals surface area contributed by atoms with E-state index in [1.165, 1.54) is 0 Å². The third kappa shape index (κ3) is 2.80. The molecule has 0 heterocycles. The van der Waals surface area contributed by atoms with E-state index in [1.807, 2.05) is 0 Å². The van der Waals surface area contributed by atoms with Crippen LogP contribution in [0.15, 0.2) is 0 Å². The Kier molecular flexibility index (Phi) is 6.32. The van der Waals surface area contributed by atoms with Crippen LogP contribution in [-0.4, -0.2) is 54.8 Å². The van der Waals surface area contributed by atoms with E-state index in [0.717, 1.165) is 0 Å². The Morgan fingerprint density at radius 1 is 0.222 bits per heavy atom. The number of halogens is 24. The predicted octanol–water partition coefficient (Wildman–Crippen LogP) is 8.24. The quantitative estimate of drug-likeness (QED) is 0.246. The Hall–Kier alpha value is -1.68. The Morgan fingerprint density at radius 2 is 0.361 bits per heavy atom. The lowest BCUT2D eigenvalue weighted by molar-refractivity contribution is -0.630. The second-order valence-electron chi connectivity index (χ2n) is 6.96. The van der Waals surface area contributed by atoms with E-state index in [0.29, 0.717) is 0 Å². The summed E-state index contributed by atoms with van der Waals surface area (Å²) in [6, 6.07) is 0. The molecule has 0 radical (unpaired) electrons. The fraction of sp³-hybridized carbons (Fsp3) is 1.00. The fourth-order valence-corrected chi connectivity index (χ4v) is 4.32. The van der Waals surface area contributed by atoms with Gasteiger partial charge in [-0.25, -0.2) is 0 Å². The molecule has 0 aliphatic heterocycles. The molecule has 1 aliphatic rings. The van der Waals surface area contributed by atoms with E-state index < -0.39 is 71.1 Å². The van der Waals surface area contributed by atoms with Gasteiger partial charge in [-0.15, -0.1) is 0 Å². The van der Waals surface area contributed by atoms with E-state index >= 15 is 0 Å². The number of hydrogen-bond acceptors (Lipinski definition) is 0. The molecule has 0 spiro atoms. The first-order chi connectivity index (χ1) is 15.0. The van der Waals surface area contributed by atoms with E-state index in [2.05, 4.69) is 0 Å². The van der Waals surface area contributed by atoms with E-state index in [-0.39, 0.29) is 0 Å². The van der Waals surface area contributed by atoms with Crippen molar-refractivity contribution in [2.24, 2.45) is 16.2 Å². The molecule has 0 saturated heterocycles. The molecule has 1 aliphatic carbocycles. The number of rotatable bonds is 0. The SMILES string of the molecule is FC(F)(F)C1(C(F)(F)F)C(F)(F)C(F)(F)C(F)(F)C(C(F)(F)F)(C(F)(F)F)C1(C(F)(F)F)C(F)(F)F. The second-order valence-corrected chi connectivity index (χ2v) is 6.96. The standard InChI is InChI=1S/C12F24/c13-4(14)2(9(25,26)27,10(28,29)30)1(7(19,20)21,8(22,23)24)3(11(31,32)33,12(34,35)36)5(15,16)6(4,17)18. The molecule has 0 N–H and O–H groups in total. The summed E-state index contributed by atoms with van der Waals surface area (Å²) in [4.78, 5) is 0. The molecule has 1 rings (SSSR count). The van der Waals surface area contributed by atoms with Crippen molar-refractivity contribution in [2.75, 3.05) is 0 Å². The van der Waals surface area contributed by atoms with Gasteiger partial charge in [0.2, 0.25) is 5.41 Å². The average molecular weight is 600 g/mol. The lowest BCUT2D eigenvalue weighted by Crippen LogP contribution is -2.95. The lowest BCUT2D eigenvalue weighted by Gasteiger charge is -2.67. The predicted molar refractivity (Wildman–Crippen MR) is 58.5 cm³/mol. The summed E-state index contributed by atoms with van der Waals surface area (Å²) in [5.41, 5.74) is -31.1. The summed E-state index contributed by atoms with van der Waals surface area (Å²) in [5.74, 6) is -29.0. The maximum absolute atomic E-state index is 14.1. The van der Waals surface area contributed by atoms with Crippen LogP contribution in [0.4, 0.5) is 105 Å². The summed E-state index contributed by atoms with van der Waals surface area (Å²) in [6.45, 7) is 0. The van der Waals surface area contributed by atoms with Gasteiger partial charge < -0.3 is 0 Å². The van der Waals surface area contributed by atoms with Gasteiger partial charge in [0.25, 0.3) is 10.8 Å². The highest BCUT2D eigenvalue weighted by atomic mass is 19.4. The van der Waals surface area contributed by atoms with Crippen LogP contribution in [0, 0.1) is 16.2 Å². The zero-order chi connectivity index (χ0) is 30.0. The molecule has 0 aromatic rings. The van der Waals surface area contributed by atoms with Gasteiger partial charge in [0, 0.05) is 0 Å². The van der Waals surface area contributed by atoms with E-state index in [4.69, 9.17) is 0 Å². The smallest absolute Gasteiger partial charge is 0.198 e. The first-order valence-corrected chi connectivity index (χ1v) is 7.54. The minimum atomic E-state index is -10.5. The summed E-state index contributed by atoms with van der Waals surface area (Å²) in [5, 5.41) is 0. The molecule has 0 amide bonds. The van der Waals surface area contributed by atoms with Crippen molar-refractivity contribution >= 4 is 0 Å². The minimum Gasteiger partial charge on any atom is -0.198 e. The van der Waals surface area contributed by atoms with Gasteiger partial charge in [0.1, 0.15) is 0 Å². The van der Waals surface area contributed by atoms with Crippen LogP contribution in [0.2, 0.25) is 0 Å². The third-order valence-corrected chi connectivity index (χ3v) is 5.41. The van der Waals surface area contributed by atoms with Gasteiger partial charge in [0.05, 0.1) is 0 Å². The van der Waals surface area contributed by atoms with Gasteiger partial charge in [-0.2, -0.15) is 105 Å². The third-order valence-electron chi connectivity index (χ3n) is 5.41. The Bertz CT molecular complexity index is 748. The Labute approximate surface area is 178 Å². The highest BCUT2D eigenvalue weighted by Crippen LogP contribution is 2.91. The largest absolute Gasteiger partial charge is 0.410 e. The Morgan fingerprint density at radius 3 is 0.472 bits per heavy atom. The molecule has 0 unspecified atom stereocenters. The van der Waals surface area contributed by atoms with Crippen LogP contribution >= 0.6 is 0 Å². The van der Waals surface area contributed by atoms with E-state index in [9.17, 15) is 105 Å². The minimum absolute atomic E-state index is 9.49. The maximum atomic E-state index is 14.1. The van der Waals surface area contributed by atoms with Crippen molar-refractivity contribution in [3.63, 3.8) is 0 Å². The van der Waals surface area contributed by atoms with Crippen LogP contribution in [0.1, 0.15) is 0 Å². The molecule has 1 saturated carbocycles. The fourth-order valence-electron chi connectivity index (χ4n) is 4.32. The summed E-state index contributed by atoms with van der Waals surface area (Å²) < 4.78 is 325. The highest BCUT2D eigenvalue weighted by molar-refractivity contribution is 5.37. The average Bonchev–Trinajstić information content (AvgIpc) is 2.44. The van der Waals surface area contributed by atoms with E-state index in [1.54, 1.807) is 0 Å². The van der Waals surface area contributed by atoms with Gasteiger partial charge in [-0.1, -0.05) is 0 Å². The van der Waals surface area contributed by atoms with Crippen LogP contribution in [-0.2, 0) is 0 Å². The monoisotopic (exact) mass is 600 g/mol. The lowest BCUT2D eigenvalue weighted by atomic mass is 9.39. The van der Waals surface area contributed by atoms with Crippen LogP contribution in [0.5, 0.6) is 0 Å². The van der Waals surface area contributed by atoms with Crippen molar-refractivity contribution in [1.29, 1.82) is 0 Å². The molecule has 0 aromatic heterocycles. The zero-order valence-corrected chi connectivity index (χ0v) is 15.1. The molecular formula is C12F24. The van der Waals surface area contributed by atoms with Crippen molar-refractivity contribution < 1.29 is 105 Å². The molecular weight excluding hydrogens is 600 g/mol. The molecule has 0 aromatic carbocycles. The van der Waals surface area contributed by atoms with Gasteiger partial charge in [-0.3, -0.25) is 0 Å². The van der Waals surface area contributed by atoms with Gasteiger partial charge >= 0.3 is 54.8 Å². The summed E-state index contributed by atoms with van der Waals surface area (Å²) >= 11 is 0.